The summed E-state index contributed by atoms with van der Waals surface area (Å²) in [7, 11) is -4.06. The molecule has 8 heteroatoms. The number of hydrogen-bond acceptors (Lipinski definition) is 5. The molecule has 0 saturated heterocycles. The van der Waals surface area contributed by atoms with Crippen molar-refractivity contribution in [3.05, 3.63) is 45.7 Å². The summed E-state index contributed by atoms with van der Waals surface area (Å²) >= 11 is 0. The zero-order valence-corrected chi connectivity index (χ0v) is 16.4. The second-order valence-electron chi connectivity index (χ2n) is 7.73. The van der Waals surface area contributed by atoms with E-state index in [1.54, 1.807) is 0 Å². The summed E-state index contributed by atoms with van der Waals surface area (Å²) in [5, 5.41) is 5.81. The van der Waals surface area contributed by atoms with Gasteiger partial charge in [-0.05, 0) is 60.8 Å². The number of furan rings is 1. The number of fused-ring (bicyclic) bond motifs is 3. The molecule has 0 spiro atoms. The number of carbonyl (C=O) groups excluding carboxylic acids is 1. The number of aryl methyl sites for hydroxylation is 2. The topological polar surface area (TPSA) is 100 Å². The molecule has 7 nitrogen and oxygen atoms in total. The quantitative estimate of drug-likeness (QED) is 0.733. The third-order valence-electron chi connectivity index (χ3n) is 5.92. The second-order valence-corrected chi connectivity index (χ2v) is 9.35. The SMILES string of the molecule is O=C(Nc1c2c(cc3c1CCC3)CCC2)NS(=O)(=O)c1cc2c(o1)CCNC2. The van der Waals surface area contributed by atoms with Crippen LogP contribution in [0.4, 0.5) is 10.5 Å². The number of nitrogens with one attached hydrogen (secondary N) is 3. The number of benzene rings is 1. The molecule has 3 aliphatic rings. The maximum absolute atomic E-state index is 12.6. The van der Waals surface area contributed by atoms with Crippen LogP contribution in [-0.2, 0) is 48.7 Å². The Morgan fingerprint density at radius 1 is 0.964 bits per heavy atom. The molecule has 3 N–H and O–H groups in total. The zero-order chi connectivity index (χ0) is 19.3. The minimum absolute atomic E-state index is 0.208. The molecule has 0 fully saturated rings. The maximum Gasteiger partial charge on any atom is 0.333 e. The van der Waals surface area contributed by atoms with Crippen molar-refractivity contribution in [2.24, 2.45) is 0 Å². The predicted octanol–water partition coefficient (Wildman–Crippen LogP) is 2.41. The lowest BCUT2D eigenvalue weighted by Gasteiger charge is -2.16. The number of carbonyl (C=O) groups is 1. The van der Waals surface area contributed by atoms with Gasteiger partial charge in [0.2, 0.25) is 5.09 Å². The van der Waals surface area contributed by atoms with E-state index in [0.29, 0.717) is 18.7 Å². The molecule has 5 rings (SSSR count). The second kappa shape index (κ2) is 6.63. The van der Waals surface area contributed by atoms with Gasteiger partial charge in [0.25, 0.3) is 10.0 Å². The van der Waals surface area contributed by atoms with Crippen molar-refractivity contribution < 1.29 is 17.6 Å². The van der Waals surface area contributed by atoms with Crippen LogP contribution in [0.3, 0.4) is 0 Å². The third-order valence-corrected chi connectivity index (χ3v) is 7.11. The van der Waals surface area contributed by atoms with E-state index >= 15 is 0 Å². The smallest absolute Gasteiger partial charge is 0.333 e. The lowest BCUT2D eigenvalue weighted by Crippen LogP contribution is -2.34. The summed E-state index contributed by atoms with van der Waals surface area (Å²) in [6, 6.07) is 3.03. The lowest BCUT2D eigenvalue weighted by atomic mass is 9.99. The molecule has 28 heavy (non-hydrogen) atoms. The molecule has 0 radical (unpaired) electrons. The molecule has 0 atom stereocenters. The van der Waals surface area contributed by atoms with Gasteiger partial charge in [-0.2, -0.15) is 8.42 Å². The highest BCUT2D eigenvalue weighted by Gasteiger charge is 2.28. The van der Waals surface area contributed by atoms with Gasteiger partial charge in [-0.3, -0.25) is 0 Å². The van der Waals surface area contributed by atoms with E-state index in [0.717, 1.165) is 67.4 Å². The highest BCUT2D eigenvalue weighted by Crippen LogP contribution is 2.38. The van der Waals surface area contributed by atoms with Gasteiger partial charge in [0.05, 0.1) is 0 Å². The number of amides is 2. The monoisotopic (exact) mass is 401 g/mol. The van der Waals surface area contributed by atoms with E-state index in [2.05, 4.69) is 21.4 Å². The Morgan fingerprint density at radius 3 is 2.36 bits per heavy atom. The minimum Gasteiger partial charge on any atom is -0.447 e. The van der Waals surface area contributed by atoms with Gasteiger partial charge >= 0.3 is 6.03 Å². The summed E-state index contributed by atoms with van der Waals surface area (Å²) in [5.41, 5.74) is 6.53. The van der Waals surface area contributed by atoms with Gasteiger partial charge in [0.15, 0.2) is 0 Å². The van der Waals surface area contributed by atoms with Crippen molar-refractivity contribution in [3.8, 4) is 0 Å². The van der Waals surface area contributed by atoms with Crippen LogP contribution in [0.2, 0.25) is 0 Å². The fourth-order valence-corrected chi connectivity index (χ4v) is 5.54. The Hall–Kier alpha value is -2.32. The maximum atomic E-state index is 12.6. The Morgan fingerprint density at radius 2 is 1.68 bits per heavy atom. The fraction of sp³-hybridized carbons (Fsp3) is 0.450. The van der Waals surface area contributed by atoms with Crippen molar-refractivity contribution >= 4 is 21.7 Å². The summed E-state index contributed by atoms with van der Waals surface area (Å²) in [6.07, 6.45) is 6.65. The van der Waals surface area contributed by atoms with Crippen molar-refractivity contribution in [3.63, 3.8) is 0 Å². The summed E-state index contributed by atoms with van der Waals surface area (Å²) in [5.74, 6) is 0.665. The molecule has 1 aromatic heterocycles. The average molecular weight is 401 g/mol. The number of hydrogen-bond donors (Lipinski definition) is 3. The normalized spacial score (nSPS) is 17.7. The first kappa shape index (κ1) is 17.8. The van der Waals surface area contributed by atoms with E-state index in [1.807, 2.05) is 0 Å². The highest BCUT2D eigenvalue weighted by atomic mass is 32.2. The van der Waals surface area contributed by atoms with Crippen LogP contribution in [0, 0.1) is 0 Å². The van der Waals surface area contributed by atoms with E-state index in [1.165, 1.54) is 17.2 Å². The van der Waals surface area contributed by atoms with E-state index in [4.69, 9.17) is 4.42 Å². The lowest BCUT2D eigenvalue weighted by molar-refractivity contribution is 0.256. The zero-order valence-electron chi connectivity index (χ0n) is 15.6. The van der Waals surface area contributed by atoms with Crippen molar-refractivity contribution in [1.82, 2.24) is 10.0 Å². The van der Waals surface area contributed by atoms with Crippen LogP contribution in [0.15, 0.2) is 21.6 Å². The third kappa shape index (κ3) is 3.00. The Bertz CT molecular complexity index is 1020. The Kier molecular flexibility index (Phi) is 4.21. The predicted molar refractivity (Wildman–Crippen MR) is 104 cm³/mol. The van der Waals surface area contributed by atoms with E-state index in [9.17, 15) is 13.2 Å². The van der Waals surface area contributed by atoms with Crippen LogP contribution in [0.1, 0.15) is 46.4 Å². The molecule has 148 valence electrons. The fourth-order valence-electron chi connectivity index (χ4n) is 4.64. The first-order valence-corrected chi connectivity index (χ1v) is 11.3. The van der Waals surface area contributed by atoms with Crippen molar-refractivity contribution in [2.75, 3.05) is 11.9 Å². The Labute approximate surface area is 163 Å². The van der Waals surface area contributed by atoms with Crippen LogP contribution >= 0.6 is 0 Å². The van der Waals surface area contributed by atoms with Gasteiger partial charge in [0.1, 0.15) is 5.76 Å². The number of anilines is 1. The first-order chi connectivity index (χ1) is 13.5. The van der Waals surface area contributed by atoms with E-state index in [-0.39, 0.29) is 5.09 Å². The largest absolute Gasteiger partial charge is 0.447 e. The molecule has 2 heterocycles. The van der Waals surface area contributed by atoms with Gasteiger partial charge in [-0.1, -0.05) is 6.07 Å². The number of sulfonamides is 1. The van der Waals surface area contributed by atoms with E-state index < -0.39 is 16.1 Å². The summed E-state index contributed by atoms with van der Waals surface area (Å²) in [6.45, 7) is 1.32. The van der Waals surface area contributed by atoms with Gasteiger partial charge in [-0.25, -0.2) is 9.52 Å². The molecule has 1 aliphatic heterocycles. The summed E-state index contributed by atoms with van der Waals surface area (Å²) < 4.78 is 32.9. The highest BCUT2D eigenvalue weighted by molar-refractivity contribution is 7.89. The molecule has 0 bridgehead atoms. The standard InChI is InChI=1S/C20H23N3O4S/c24-20(23-28(25,26)18-10-14-11-21-8-7-17(14)27-18)22-19-15-5-1-3-12(15)9-13-4-2-6-16(13)19/h9-10,21H,1-8,11H2,(H2,22,23,24). The van der Waals surface area contributed by atoms with Gasteiger partial charge < -0.3 is 15.1 Å². The summed E-state index contributed by atoms with van der Waals surface area (Å²) in [4.78, 5) is 12.6. The first-order valence-electron chi connectivity index (χ1n) is 9.84. The van der Waals surface area contributed by atoms with Crippen LogP contribution in [-0.4, -0.2) is 21.0 Å². The van der Waals surface area contributed by atoms with Gasteiger partial charge in [-0.15, -0.1) is 0 Å². The van der Waals surface area contributed by atoms with Crippen LogP contribution in [0.25, 0.3) is 0 Å². The van der Waals surface area contributed by atoms with Gasteiger partial charge in [0, 0.05) is 36.8 Å². The van der Waals surface area contributed by atoms with Crippen LogP contribution in [0.5, 0.6) is 0 Å². The molecule has 0 unspecified atom stereocenters. The van der Waals surface area contributed by atoms with Crippen LogP contribution < -0.4 is 15.4 Å². The molecular weight excluding hydrogens is 378 g/mol. The molecule has 1 aromatic carbocycles. The average Bonchev–Trinajstić information content (AvgIpc) is 3.39. The molecule has 0 saturated carbocycles. The molecule has 2 aromatic rings. The minimum atomic E-state index is -4.06. The molecule has 2 amide bonds. The number of urea groups is 1. The molecule has 2 aliphatic carbocycles. The Balaban J connectivity index is 1.39. The molecular formula is C20H23N3O4S. The number of rotatable bonds is 3. The van der Waals surface area contributed by atoms with Crippen molar-refractivity contribution in [1.29, 1.82) is 0 Å². The van der Waals surface area contributed by atoms with Crippen molar-refractivity contribution in [2.45, 2.75) is 56.6 Å².